The van der Waals surface area contributed by atoms with Crippen molar-refractivity contribution in [3.05, 3.63) is 57.4 Å². The summed E-state index contributed by atoms with van der Waals surface area (Å²) in [6, 6.07) is 6.18. The van der Waals surface area contributed by atoms with Gasteiger partial charge in [-0.25, -0.2) is 9.18 Å². The van der Waals surface area contributed by atoms with Crippen LogP contribution >= 0.6 is 11.6 Å². The number of esters is 1. The molecule has 1 amide bonds. The van der Waals surface area contributed by atoms with Crippen LogP contribution in [-0.2, 0) is 14.3 Å². The standard InChI is InChI=1S/C25H31ClFNO4/c1-8-31-21(29)13-20(28-24(30)32-25(5,6)7)18-12-17(11-16(4)23(18)27)22-15(3)9-14(2)10-19(22)26/h9-12,20H,8,13H2,1-7H3,(H,28,30)/t20-/m0/s1. The van der Waals surface area contributed by atoms with Gasteiger partial charge in [-0.1, -0.05) is 17.7 Å². The third kappa shape index (κ3) is 6.70. The molecule has 2 rings (SSSR count). The maximum absolute atomic E-state index is 15.3. The van der Waals surface area contributed by atoms with Crippen LogP contribution in [0.15, 0.2) is 24.3 Å². The third-order valence-electron chi connectivity index (χ3n) is 4.75. The first-order chi connectivity index (χ1) is 14.8. The maximum Gasteiger partial charge on any atom is 0.408 e. The summed E-state index contributed by atoms with van der Waals surface area (Å²) in [6.45, 7) is 12.5. The van der Waals surface area contributed by atoms with Gasteiger partial charge >= 0.3 is 12.1 Å². The van der Waals surface area contributed by atoms with Crippen molar-refractivity contribution in [1.29, 1.82) is 0 Å². The fourth-order valence-electron chi connectivity index (χ4n) is 3.55. The molecule has 32 heavy (non-hydrogen) atoms. The monoisotopic (exact) mass is 463 g/mol. The van der Waals surface area contributed by atoms with Gasteiger partial charge in [0, 0.05) is 16.1 Å². The highest BCUT2D eigenvalue weighted by atomic mass is 35.5. The number of nitrogens with one attached hydrogen (secondary N) is 1. The fourth-order valence-corrected chi connectivity index (χ4v) is 3.98. The molecule has 2 aromatic carbocycles. The number of carbonyl (C=O) groups excluding carboxylic acids is 2. The lowest BCUT2D eigenvalue weighted by Crippen LogP contribution is -2.36. The molecule has 0 aromatic heterocycles. The Morgan fingerprint density at radius 2 is 1.75 bits per heavy atom. The molecule has 174 valence electrons. The van der Waals surface area contributed by atoms with Crippen molar-refractivity contribution < 1.29 is 23.5 Å². The van der Waals surface area contributed by atoms with Gasteiger partial charge in [-0.05, 0) is 88.9 Å². The smallest absolute Gasteiger partial charge is 0.408 e. The van der Waals surface area contributed by atoms with Crippen molar-refractivity contribution in [3.8, 4) is 11.1 Å². The van der Waals surface area contributed by atoms with Gasteiger partial charge in [0.25, 0.3) is 0 Å². The Bertz CT molecular complexity index is 991. The minimum absolute atomic E-state index is 0.162. The van der Waals surface area contributed by atoms with Gasteiger partial charge in [-0.15, -0.1) is 0 Å². The molecule has 2 aromatic rings. The second kappa shape index (κ2) is 10.3. The van der Waals surface area contributed by atoms with E-state index in [0.29, 0.717) is 16.1 Å². The number of ether oxygens (including phenoxy) is 2. The molecule has 0 fully saturated rings. The lowest BCUT2D eigenvalue weighted by Gasteiger charge is -2.25. The first-order valence-electron chi connectivity index (χ1n) is 10.5. The average molecular weight is 464 g/mol. The van der Waals surface area contributed by atoms with E-state index in [4.69, 9.17) is 21.1 Å². The lowest BCUT2D eigenvalue weighted by atomic mass is 9.92. The summed E-state index contributed by atoms with van der Waals surface area (Å²) in [5.74, 6) is -1.07. The molecule has 0 aliphatic carbocycles. The van der Waals surface area contributed by atoms with Gasteiger partial charge in [0.15, 0.2) is 0 Å². The number of benzene rings is 2. The zero-order valence-electron chi connectivity index (χ0n) is 19.7. The molecule has 0 radical (unpaired) electrons. The number of amides is 1. The second-order valence-electron chi connectivity index (χ2n) is 8.84. The van der Waals surface area contributed by atoms with Crippen LogP contribution < -0.4 is 5.32 Å². The molecular formula is C25H31ClFNO4. The summed E-state index contributed by atoms with van der Waals surface area (Å²) in [4.78, 5) is 24.7. The zero-order valence-corrected chi connectivity index (χ0v) is 20.4. The second-order valence-corrected chi connectivity index (χ2v) is 9.25. The Labute approximate surface area is 194 Å². The summed E-state index contributed by atoms with van der Waals surface area (Å²) >= 11 is 6.52. The lowest BCUT2D eigenvalue weighted by molar-refractivity contribution is -0.143. The highest BCUT2D eigenvalue weighted by Crippen LogP contribution is 2.36. The van der Waals surface area contributed by atoms with Crippen LogP contribution in [0, 0.1) is 26.6 Å². The first kappa shape index (κ1) is 25.7. The van der Waals surface area contributed by atoms with E-state index in [0.717, 1.165) is 16.7 Å². The fraction of sp³-hybridized carbons (Fsp3) is 0.440. The number of carbonyl (C=O) groups is 2. The largest absolute Gasteiger partial charge is 0.466 e. The van der Waals surface area contributed by atoms with Crippen molar-refractivity contribution in [2.45, 2.75) is 66.5 Å². The van der Waals surface area contributed by atoms with E-state index in [-0.39, 0.29) is 18.6 Å². The van der Waals surface area contributed by atoms with Gasteiger partial charge in [-0.3, -0.25) is 4.79 Å². The molecule has 0 aliphatic heterocycles. The van der Waals surface area contributed by atoms with Crippen molar-refractivity contribution >= 4 is 23.7 Å². The number of hydrogen-bond acceptors (Lipinski definition) is 4. The van der Waals surface area contributed by atoms with Crippen LogP contribution in [0.5, 0.6) is 0 Å². The molecule has 0 saturated carbocycles. The quantitative estimate of drug-likeness (QED) is 0.491. The van der Waals surface area contributed by atoms with Crippen LogP contribution in [0.25, 0.3) is 11.1 Å². The number of aryl methyl sites for hydroxylation is 3. The van der Waals surface area contributed by atoms with E-state index in [1.807, 2.05) is 26.0 Å². The summed E-state index contributed by atoms with van der Waals surface area (Å²) in [7, 11) is 0. The summed E-state index contributed by atoms with van der Waals surface area (Å²) < 4.78 is 25.6. The maximum atomic E-state index is 15.3. The van der Waals surface area contributed by atoms with Crippen molar-refractivity contribution in [2.24, 2.45) is 0 Å². The van der Waals surface area contributed by atoms with E-state index in [1.165, 1.54) is 0 Å². The van der Waals surface area contributed by atoms with E-state index in [1.54, 1.807) is 46.8 Å². The van der Waals surface area contributed by atoms with Gasteiger partial charge in [-0.2, -0.15) is 0 Å². The molecular weight excluding hydrogens is 433 g/mol. The zero-order chi connectivity index (χ0) is 24.2. The third-order valence-corrected chi connectivity index (χ3v) is 5.04. The van der Waals surface area contributed by atoms with Crippen LogP contribution in [-0.4, -0.2) is 24.3 Å². The molecule has 0 saturated heterocycles. The normalized spacial score (nSPS) is 12.3. The van der Waals surface area contributed by atoms with Gasteiger partial charge < -0.3 is 14.8 Å². The van der Waals surface area contributed by atoms with Crippen molar-refractivity contribution in [3.63, 3.8) is 0 Å². The Morgan fingerprint density at radius 3 is 2.31 bits per heavy atom. The van der Waals surface area contributed by atoms with Gasteiger partial charge in [0.1, 0.15) is 11.4 Å². The molecule has 0 aliphatic rings. The molecule has 0 bridgehead atoms. The molecule has 0 heterocycles. The van der Waals surface area contributed by atoms with Crippen LogP contribution in [0.2, 0.25) is 5.02 Å². The number of rotatable bonds is 6. The molecule has 5 nitrogen and oxygen atoms in total. The molecule has 1 atom stereocenters. The topological polar surface area (TPSA) is 64.6 Å². The van der Waals surface area contributed by atoms with E-state index >= 15 is 4.39 Å². The van der Waals surface area contributed by atoms with E-state index in [9.17, 15) is 9.59 Å². The Hall–Kier alpha value is -2.60. The highest BCUT2D eigenvalue weighted by molar-refractivity contribution is 6.33. The van der Waals surface area contributed by atoms with Crippen molar-refractivity contribution in [1.82, 2.24) is 5.32 Å². The SMILES string of the molecule is CCOC(=O)C[C@H](NC(=O)OC(C)(C)C)c1cc(-c2c(C)cc(C)cc2Cl)cc(C)c1F. The predicted molar refractivity (Wildman–Crippen MR) is 124 cm³/mol. The molecule has 7 heteroatoms. The minimum atomic E-state index is -0.980. The minimum Gasteiger partial charge on any atom is -0.466 e. The van der Waals surface area contributed by atoms with E-state index < -0.39 is 29.5 Å². The average Bonchev–Trinajstić information content (AvgIpc) is 2.61. The first-order valence-corrected chi connectivity index (χ1v) is 10.9. The summed E-state index contributed by atoms with van der Waals surface area (Å²) in [5, 5.41) is 3.17. The molecule has 0 spiro atoms. The number of alkyl carbamates (subject to hydrolysis) is 1. The highest BCUT2D eigenvalue weighted by Gasteiger charge is 2.27. The number of halogens is 2. The Morgan fingerprint density at radius 1 is 1.09 bits per heavy atom. The van der Waals surface area contributed by atoms with Crippen LogP contribution in [0.3, 0.4) is 0 Å². The van der Waals surface area contributed by atoms with Crippen LogP contribution in [0.1, 0.15) is 62.4 Å². The molecule has 1 N–H and O–H groups in total. The van der Waals surface area contributed by atoms with Gasteiger partial charge in [0.05, 0.1) is 19.1 Å². The van der Waals surface area contributed by atoms with Gasteiger partial charge in [0.2, 0.25) is 0 Å². The molecule has 0 unspecified atom stereocenters. The summed E-state index contributed by atoms with van der Waals surface area (Å²) in [5.41, 5.74) is 3.20. The van der Waals surface area contributed by atoms with E-state index in [2.05, 4.69) is 5.32 Å². The Kier molecular flexibility index (Phi) is 8.29. The Balaban J connectivity index is 2.57. The predicted octanol–water partition coefficient (Wildman–Crippen LogP) is 6.59. The number of hydrogen-bond donors (Lipinski definition) is 1. The van der Waals surface area contributed by atoms with Crippen LogP contribution in [0.4, 0.5) is 9.18 Å². The summed E-state index contributed by atoms with van der Waals surface area (Å²) in [6.07, 6.45) is -0.994. The van der Waals surface area contributed by atoms with Crippen molar-refractivity contribution in [2.75, 3.05) is 6.61 Å².